The van der Waals surface area contributed by atoms with E-state index < -0.39 is 0 Å². The van der Waals surface area contributed by atoms with Crippen LogP contribution in [0.5, 0.6) is 0 Å². The molecule has 74 valence electrons. The Hall–Kier alpha value is 0.550. The van der Waals surface area contributed by atoms with Crippen LogP contribution in [-0.4, -0.2) is 28.1 Å². The van der Waals surface area contributed by atoms with Crippen molar-refractivity contribution in [3.63, 3.8) is 0 Å². The van der Waals surface area contributed by atoms with Gasteiger partial charge in [-0.2, -0.15) is 0 Å². The minimum absolute atomic E-state index is 0.236. The Morgan fingerprint density at radius 1 is 1.42 bits per heavy atom. The first kappa shape index (κ1) is 15.0. The summed E-state index contributed by atoms with van der Waals surface area (Å²) in [6, 6.07) is 0. The molecule has 0 aromatic rings. The fourth-order valence-electron chi connectivity index (χ4n) is 0. The number of nitrogens with zero attached hydrogens (tertiary/aromatic N) is 1. The molecule has 2 N–H and O–H groups in total. The number of rotatable bonds is 0. The molecule has 0 heterocycles. The normalized spacial score (nSPS) is 9.92. The summed E-state index contributed by atoms with van der Waals surface area (Å²) in [5, 5.41) is 5.22. The average molecular weight is 226 g/mol. The lowest BCUT2D eigenvalue weighted by molar-refractivity contribution is 0.648. The van der Waals surface area contributed by atoms with E-state index in [1.54, 1.807) is 4.90 Å². The maximum Gasteiger partial charge on any atom is 0.132 e. The van der Waals surface area contributed by atoms with Gasteiger partial charge in [0.25, 0.3) is 0 Å². The zero-order valence-corrected chi connectivity index (χ0v) is 10.8. The molecule has 0 aliphatic rings. The van der Waals surface area contributed by atoms with Crippen molar-refractivity contribution in [3.05, 3.63) is 0 Å². The Morgan fingerprint density at radius 3 is 1.58 bits per heavy atom. The van der Waals surface area contributed by atoms with Gasteiger partial charge in [-0.15, -0.1) is 12.6 Å². The van der Waals surface area contributed by atoms with Crippen molar-refractivity contribution in [3.8, 4) is 0 Å². The van der Waals surface area contributed by atoms with Crippen LogP contribution in [0.15, 0.2) is 0 Å². The molecule has 0 fully saturated rings. The van der Waals surface area contributed by atoms with Gasteiger partial charge in [0.2, 0.25) is 0 Å². The van der Waals surface area contributed by atoms with Crippen LogP contribution >= 0.6 is 36.8 Å². The second-order valence-electron chi connectivity index (χ2n) is 3.41. The molecule has 0 radical (unpaired) electrons. The predicted molar refractivity (Wildman–Crippen MR) is 66.8 cm³/mol. The molecule has 2 nitrogen and oxygen atoms in total. The third-order valence-electron chi connectivity index (χ3n) is 0.736. The number of thiocarbonyl (C=S) groups is 1. The Bertz CT molecular complexity index is 129. The fraction of sp³-hybridized carbons (Fsp3) is 0.857. The van der Waals surface area contributed by atoms with Crippen molar-refractivity contribution in [2.24, 2.45) is 5.14 Å². The monoisotopic (exact) mass is 226 g/mol. The molecule has 0 aliphatic carbocycles. The SMILES string of the molecule is CC(C)(C)SN.CN(C)C(=S)S. The molecule has 0 aromatic heterocycles. The second kappa shape index (κ2) is 7.00. The Balaban J connectivity index is 0. The molecule has 5 heteroatoms. The smallest absolute Gasteiger partial charge is 0.132 e. The van der Waals surface area contributed by atoms with Gasteiger partial charge >= 0.3 is 0 Å². The predicted octanol–water partition coefficient (Wildman–Crippen LogP) is 2.15. The van der Waals surface area contributed by atoms with E-state index in [2.05, 4.69) is 45.6 Å². The Kier molecular flexibility index (Phi) is 8.78. The zero-order valence-electron chi connectivity index (χ0n) is 8.29. The highest BCUT2D eigenvalue weighted by molar-refractivity contribution is 8.10. The summed E-state index contributed by atoms with van der Waals surface area (Å²) in [6.07, 6.45) is 0. The largest absolute Gasteiger partial charge is 0.364 e. The van der Waals surface area contributed by atoms with Crippen molar-refractivity contribution in [2.75, 3.05) is 14.1 Å². The number of hydrogen-bond acceptors (Lipinski definition) is 3. The van der Waals surface area contributed by atoms with Gasteiger partial charge in [-0.25, -0.2) is 0 Å². The van der Waals surface area contributed by atoms with Crippen LogP contribution in [0.4, 0.5) is 0 Å². The summed E-state index contributed by atoms with van der Waals surface area (Å²) in [5.41, 5.74) is 0. The van der Waals surface area contributed by atoms with Crippen LogP contribution in [0.2, 0.25) is 0 Å². The van der Waals surface area contributed by atoms with Gasteiger partial charge < -0.3 is 4.90 Å². The Labute approximate surface area is 90.8 Å². The fourth-order valence-corrected chi connectivity index (χ4v) is 0. The summed E-state index contributed by atoms with van der Waals surface area (Å²) >= 11 is 9.84. The third kappa shape index (κ3) is 16.9. The van der Waals surface area contributed by atoms with Crippen molar-refractivity contribution < 1.29 is 0 Å². The van der Waals surface area contributed by atoms with Crippen molar-refractivity contribution >= 4 is 41.1 Å². The van der Waals surface area contributed by atoms with Crippen LogP contribution in [0.25, 0.3) is 0 Å². The lowest BCUT2D eigenvalue weighted by atomic mass is 10.3. The summed E-state index contributed by atoms with van der Waals surface area (Å²) in [5.74, 6) is 0. The van der Waals surface area contributed by atoms with E-state index in [0.29, 0.717) is 4.32 Å². The molecule has 12 heavy (non-hydrogen) atoms. The third-order valence-corrected chi connectivity index (χ3v) is 2.21. The van der Waals surface area contributed by atoms with Gasteiger partial charge in [-0.05, 0) is 20.8 Å². The molecule has 0 saturated heterocycles. The van der Waals surface area contributed by atoms with E-state index in [0.717, 1.165) is 0 Å². The molecular formula is C7H18N2S3. The molecule has 0 unspecified atom stereocenters. The quantitative estimate of drug-likeness (QED) is 0.376. The Morgan fingerprint density at radius 2 is 1.58 bits per heavy atom. The maximum absolute atomic E-state index is 5.22. The lowest BCUT2D eigenvalue weighted by Gasteiger charge is -2.11. The first-order valence-electron chi connectivity index (χ1n) is 3.49. The maximum atomic E-state index is 5.22. The van der Waals surface area contributed by atoms with Gasteiger partial charge in [0, 0.05) is 18.8 Å². The molecule has 0 saturated carbocycles. The van der Waals surface area contributed by atoms with Crippen molar-refractivity contribution in [1.29, 1.82) is 0 Å². The molecule has 0 aromatic carbocycles. The standard InChI is InChI=1S/C4H11NS.C3H7NS2/c1-4(2,3)6-5;1-4(2)3(5)6/h5H2,1-3H3;1-2H3,(H,5,6). The van der Waals surface area contributed by atoms with Crippen LogP contribution < -0.4 is 5.14 Å². The van der Waals surface area contributed by atoms with E-state index in [4.69, 9.17) is 5.14 Å². The van der Waals surface area contributed by atoms with Crippen molar-refractivity contribution in [1.82, 2.24) is 4.90 Å². The molecule has 0 atom stereocenters. The van der Waals surface area contributed by atoms with E-state index in [1.165, 1.54) is 11.9 Å². The molecule has 0 aliphatic heterocycles. The summed E-state index contributed by atoms with van der Waals surface area (Å²) in [6.45, 7) is 6.24. The van der Waals surface area contributed by atoms with E-state index in [9.17, 15) is 0 Å². The van der Waals surface area contributed by atoms with Crippen LogP contribution in [0, 0.1) is 0 Å². The molecular weight excluding hydrogens is 208 g/mol. The van der Waals surface area contributed by atoms with Gasteiger partial charge in [0.1, 0.15) is 4.32 Å². The second-order valence-corrected chi connectivity index (χ2v) is 5.98. The van der Waals surface area contributed by atoms with E-state index in [1.807, 2.05) is 14.1 Å². The van der Waals surface area contributed by atoms with E-state index >= 15 is 0 Å². The van der Waals surface area contributed by atoms with E-state index in [-0.39, 0.29) is 4.75 Å². The van der Waals surface area contributed by atoms with Gasteiger partial charge in [0.05, 0.1) is 0 Å². The minimum Gasteiger partial charge on any atom is -0.364 e. The molecule has 0 bridgehead atoms. The summed E-state index contributed by atoms with van der Waals surface area (Å²) in [4.78, 5) is 1.76. The minimum atomic E-state index is 0.236. The zero-order chi connectivity index (χ0) is 10.4. The molecule has 0 spiro atoms. The van der Waals surface area contributed by atoms with Gasteiger partial charge in [0.15, 0.2) is 0 Å². The first-order valence-corrected chi connectivity index (χ1v) is 5.22. The van der Waals surface area contributed by atoms with Crippen LogP contribution in [0.3, 0.4) is 0 Å². The molecule has 0 rings (SSSR count). The highest BCUT2D eigenvalue weighted by Gasteiger charge is 2.05. The number of nitrogens with two attached hydrogens (primary N) is 1. The van der Waals surface area contributed by atoms with Crippen LogP contribution in [-0.2, 0) is 0 Å². The first-order chi connectivity index (χ1) is 5.20. The number of hydrogen-bond donors (Lipinski definition) is 2. The van der Waals surface area contributed by atoms with Crippen molar-refractivity contribution in [2.45, 2.75) is 25.5 Å². The lowest BCUT2D eigenvalue weighted by Crippen LogP contribution is -2.12. The molecule has 0 amide bonds. The summed E-state index contributed by atoms with van der Waals surface area (Å²) < 4.78 is 0.856. The highest BCUT2D eigenvalue weighted by atomic mass is 32.2. The average Bonchev–Trinajstić information content (AvgIpc) is 1.87. The topological polar surface area (TPSA) is 29.3 Å². The van der Waals surface area contributed by atoms with Crippen LogP contribution in [0.1, 0.15) is 20.8 Å². The van der Waals surface area contributed by atoms with Gasteiger partial charge in [-0.3, -0.25) is 5.14 Å². The number of thiol groups is 1. The highest BCUT2D eigenvalue weighted by Crippen LogP contribution is 2.15. The summed E-state index contributed by atoms with van der Waals surface area (Å²) in [7, 11) is 3.71. The van der Waals surface area contributed by atoms with Gasteiger partial charge in [-0.1, -0.05) is 24.2 Å².